The lowest BCUT2D eigenvalue weighted by Crippen LogP contribution is -2.05. The summed E-state index contributed by atoms with van der Waals surface area (Å²) in [7, 11) is 0. The first kappa shape index (κ1) is 12.6. The molecule has 2 aromatic rings. The third kappa shape index (κ3) is 3.08. The summed E-state index contributed by atoms with van der Waals surface area (Å²) in [4.78, 5) is 23.0. The van der Waals surface area contributed by atoms with Crippen molar-refractivity contribution in [2.24, 2.45) is 0 Å². The van der Waals surface area contributed by atoms with Gasteiger partial charge in [-0.1, -0.05) is 30.3 Å². The highest BCUT2D eigenvalue weighted by atomic mass is 16.5. The van der Waals surface area contributed by atoms with Crippen molar-refractivity contribution in [2.45, 2.75) is 0 Å². The van der Waals surface area contributed by atoms with E-state index in [1.54, 1.807) is 36.4 Å². The monoisotopic (exact) mass is 250 g/mol. The van der Waals surface area contributed by atoms with Crippen molar-refractivity contribution in [3.8, 4) is 18.1 Å². The Morgan fingerprint density at radius 2 is 1.47 bits per heavy atom. The fourth-order valence-corrected chi connectivity index (χ4v) is 1.57. The highest BCUT2D eigenvalue weighted by molar-refractivity contribution is 6.09. The van der Waals surface area contributed by atoms with E-state index in [-0.39, 0.29) is 5.78 Å². The summed E-state index contributed by atoms with van der Waals surface area (Å²) in [5, 5.41) is 0. The average molecular weight is 250 g/mol. The number of hydrogen-bond donors (Lipinski definition) is 0. The van der Waals surface area contributed by atoms with Crippen molar-refractivity contribution < 1.29 is 14.3 Å². The van der Waals surface area contributed by atoms with Gasteiger partial charge in [-0.05, 0) is 24.3 Å². The third-order valence-electron chi connectivity index (χ3n) is 2.48. The smallest absolute Gasteiger partial charge is 0.389 e. The summed E-state index contributed by atoms with van der Waals surface area (Å²) in [6, 6.07) is 15.2. The van der Waals surface area contributed by atoms with E-state index in [1.807, 2.05) is 12.0 Å². The Bertz CT molecular complexity index is 634. The molecule has 19 heavy (non-hydrogen) atoms. The van der Waals surface area contributed by atoms with Gasteiger partial charge in [0.1, 0.15) is 5.75 Å². The van der Waals surface area contributed by atoms with E-state index in [9.17, 15) is 9.59 Å². The normalized spacial score (nSPS) is 9.42. The third-order valence-corrected chi connectivity index (χ3v) is 2.48. The molecule has 2 rings (SSSR count). The van der Waals surface area contributed by atoms with Gasteiger partial charge in [-0.2, -0.15) is 0 Å². The molecule has 0 aliphatic rings. The van der Waals surface area contributed by atoms with Gasteiger partial charge in [0.2, 0.25) is 0 Å². The van der Waals surface area contributed by atoms with Crippen LogP contribution in [0.2, 0.25) is 0 Å². The van der Waals surface area contributed by atoms with Crippen LogP contribution < -0.4 is 4.74 Å². The van der Waals surface area contributed by atoms with Crippen LogP contribution in [-0.2, 0) is 4.79 Å². The fourth-order valence-electron chi connectivity index (χ4n) is 1.57. The second-order valence-electron chi connectivity index (χ2n) is 3.75. The Morgan fingerprint density at radius 1 is 0.895 bits per heavy atom. The van der Waals surface area contributed by atoms with Gasteiger partial charge in [0.15, 0.2) is 5.78 Å². The highest BCUT2D eigenvalue weighted by Crippen LogP contribution is 2.15. The first-order chi connectivity index (χ1) is 9.20. The molecule has 0 saturated heterocycles. The zero-order chi connectivity index (χ0) is 13.7. The lowest BCUT2D eigenvalue weighted by atomic mass is 10.0. The molecule has 0 aromatic heterocycles. The number of hydrogen-bond acceptors (Lipinski definition) is 3. The molecule has 3 nitrogen and oxygen atoms in total. The van der Waals surface area contributed by atoms with Crippen molar-refractivity contribution >= 4 is 11.8 Å². The molecule has 0 atom stereocenters. The number of carbonyl (C=O) groups excluding carboxylic acids is 2. The summed E-state index contributed by atoms with van der Waals surface area (Å²) in [6.45, 7) is 0. The fraction of sp³-hybridized carbons (Fsp3) is 0. The molecule has 0 heterocycles. The second-order valence-corrected chi connectivity index (χ2v) is 3.75. The Kier molecular flexibility index (Phi) is 3.75. The van der Waals surface area contributed by atoms with E-state index in [4.69, 9.17) is 11.2 Å². The molecular weight excluding hydrogens is 240 g/mol. The quantitative estimate of drug-likeness (QED) is 0.276. The van der Waals surface area contributed by atoms with Crippen molar-refractivity contribution in [2.75, 3.05) is 0 Å². The molecule has 0 radical (unpaired) electrons. The number of terminal acetylenes is 1. The molecule has 0 unspecified atom stereocenters. The Hall–Kier alpha value is -2.86. The molecule has 0 saturated carbocycles. The van der Waals surface area contributed by atoms with Crippen LogP contribution in [0.25, 0.3) is 0 Å². The van der Waals surface area contributed by atoms with Crippen LogP contribution in [0.15, 0.2) is 54.6 Å². The predicted molar refractivity (Wildman–Crippen MR) is 70.8 cm³/mol. The lowest BCUT2D eigenvalue weighted by Gasteiger charge is -2.03. The minimum absolute atomic E-state index is 0.0876. The van der Waals surface area contributed by atoms with Gasteiger partial charge < -0.3 is 4.74 Å². The minimum atomic E-state index is -0.762. The zero-order valence-electron chi connectivity index (χ0n) is 10.00. The largest absolute Gasteiger partial charge is 0.417 e. The van der Waals surface area contributed by atoms with E-state index in [0.717, 1.165) is 0 Å². The lowest BCUT2D eigenvalue weighted by molar-refractivity contribution is -0.128. The van der Waals surface area contributed by atoms with Crippen LogP contribution in [0.4, 0.5) is 0 Å². The molecule has 0 bridgehead atoms. The molecule has 0 amide bonds. The van der Waals surface area contributed by atoms with E-state index >= 15 is 0 Å². The van der Waals surface area contributed by atoms with Gasteiger partial charge in [-0.25, -0.2) is 4.79 Å². The van der Waals surface area contributed by atoms with E-state index in [2.05, 4.69) is 0 Å². The Morgan fingerprint density at radius 3 is 2.05 bits per heavy atom. The Labute approximate surface area is 110 Å². The summed E-state index contributed by atoms with van der Waals surface area (Å²) in [5.74, 6) is 1.31. The molecule has 92 valence electrons. The van der Waals surface area contributed by atoms with Crippen LogP contribution in [-0.4, -0.2) is 11.8 Å². The molecule has 3 heteroatoms. The molecular formula is C16H10O3. The maximum atomic E-state index is 12.1. The SMILES string of the molecule is C#CC(=O)Oc1ccc(C(=O)c2ccccc2)cc1. The van der Waals surface area contributed by atoms with Gasteiger partial charge in [0.25, 0.3) is 0 Å². The predicted octanol–water partition coefficient (Wildman–Crippen LogP) is 2.46. The molecule has 0 fully saturated rings. The molecule has 0 N–H and O–H groups in total. The van der Waals surface area contributed by atoms with E-state index in [0.29, 0.717) is 16.9 Å². The first-order valence-corrected chi connectivity index (χ1v) is 5.59. The van der Waals surface area contributed by atoms with Gasteiger partial charge in [0.05, 0.1) is 0 Å². The maximum absolute atomic E-state index is 12.1. The van der Waals surface area contributed by atoms with Crippen LogP contribution in [0.3, 0.4) is 0 Å². The van der Waals surface area contributed by atoms with Crippen molar-refractivity contribution in [1.82, 2.24) is 0 Å². The number of carbonyl (C=O) groups is 2. The van der Waals surface area contributed by atoms with Crippen LogP contribution >= 0.6 is 0 Å². The number of ether oxygens (including phenoxy) is 1. The number of ketones is 1. The van der Waals surface area contributed by atoms with Crippen molar-refractivity contribution in [3.05, 3.63) is 65.7 Å². The molecule has 0 aliphatic heterocycles. The van der Waals surface area contributed by atoms with Crippen LogP contribution in [0.5, 0.6) is 5.75 Å². The average Bonchev–Trinajstić information content (AvgIpc) is 2.48. The number of rotatable bonds is 3. The minimum Gasteiger partial charge on any atom is -0.417 e. The standard InChI is InChI=1S/C16H10O3/c1-2-15(17)19-14-10-8-13(9-11-14)16(18)12-6-4-3-5-7-12/h1,3-11H. The molecule has 0 aliphatic carbocycles. The van der Waals surface area contributed by atoms with Crippen LogP contribution in [0, 0.1) is 12.3 Å². The second kappa shape index (κ2) is 5.65. The topological polar surface area (TPSA) is 43.4 Å². The van der Waals surface area contributed by atoms with Crippen molar-refractivity contribution in [1.29, 1.82) is 0 Å². The summed E-state index contributed by atoms with van der Waals surface area (Å²) in [5.41, 5.74) is 1.13. The Balaban J connectivity index is 2.17. The molecule has 2 aromatic carbocycles. The van der Waals surface area contributed by atoms with Gasteiger partial charge in [0, 0.05) is 17.0 Å². The van der Waals surface area contributed by atoms with Crippen molar-refractivity contribution in [3.63, 3.8) is 0 Å². The van der Waals surface area contributed by atoms with Gasteiger partial charge in [-0.3, -0.25) is 4.79 Å². The van der Waals surface area contributed by atoms with E-state index < -0.39 is 5.97 Å². The summed E-state index contributed by atoms with van der Waals surface area (Å²) < 4.78 is 4.82. The maximum Gasteiger partial charge on any atom is 0.389 e. The highest BCUT2D eigenvalue weighted by Gasteiger charge is 2.08. The number of esters is 1. The van der Waals surface area contributed by atoms with E-state index in [1.165, 1.54) is 12.1 Å². The molecule has 0 spiro atoms. The van der Waals surface area contributed by atoms with Gasteiger partial charge in [-0.15, -0.1) is 6.42 Å². The number of benzene rings is 2. The van der Waals surface area contributed by atoms with Crippen LogP contribution in [0.1, 0.15) is 15.9 Å². The van der Waals surface area contributed by atoms with Gasteiger partial charge >= 0.3 is 5.97 Å². The zero-order valence-corrected chi connectivity index (χ0v) is 10.00. The summed E-state index contributed by atoms with van der Waals surface area (Å²) in [6.07, 6.45) is 4.90. The first-order valence-electron chi connectivity index (χ1n) is 5.59. The summed E-state index contributed by atoms with van der Waals surface area (Å²) >= 11 is 0.